The Balaban J connectivity index is 2.33. The lowest BCUT2D eigenvalue weighted by Crippen LogP contribution is -2.17. The Morgan fingerprint density at radius 2 is 1.91 bits per heavy atom. The summed E-state index contributed by atoms with van der Waals surface area (Å²) in [4.78, 5) is 23.9. The van der Waals surface area contributed by atoms with Gasteiger partial charge in [-0.15, -0.1) is 0 Å². The van der Waals surface area contributed by atoms with Crippen LogP contribution in [0.25, 0.3) is 0 Å². The number of ketones is 1. The summed E-state index contributed by atoms with van der Waals surface area (Å²) in [7, 11) is 1.31. The minimum atomic E-state index is -0.413. The van der Waals surface area contributed by atoms with Crippen LogP contribution in [-0.2, 0) is 9.53 Å². The number of para-hydroxylation sites is 1. The Kier molecular flexibility index (Phi) is 5.16. The Bertz CT molecular complexity index is 716. The molecule has 0 unspecified atom stereocenters. The molecule has 2 aromatic carbocycles. The number of hydrogen-bond acceptors (Lipinski definition) is 5. The quantitative estimate of drug-likeness (QED) is 0.485. The largest absolute Gasteiger partial charge is 0.468 e. The molecule has 0 aromatic heterocycles. The zero-order valence-corrected chi connectivity index (χ0v) is 13.5. The van der Waals surface area contributed by atoms with Crippen molar-refractivity contribution in [1.29, 1.82) is 0 Å². The maximum atomic E-state index is 12.7. The maximum absolute atomic E-state index is 12.7. The number of rotatable bonds is 5. The highest BCUT2D eigenvalue weighted by Gasteiger charge is 2.16. The first-order valence-electron chi connectivity index (χ1n) is 6.52. The van der Waals surface area contributed by atoms with Crippen LogP contribution in [0.2, 0.25) is 0 Å². The molecule has 0 aliphatic rings. The molecule has 114 valence electrons. The molecule has 2 aromatic rings. The Morgan fingerprint density at radius 3 is 2.64 bits per heavy atom. The van der Waals surface area contributed by atoms with Gasteiger partial charge in [-0.25, -0.2) is 0 Å². The van der Waals surface area contributed by atoms with Crippen molar-refractivity contribution in [3.8, 4) is 0 Å². The van der Waals surface area contributed by atoms with Gasteiger partial charge in [0.2, 0.25) is 0 Å². The van der Waals surface area contributed by atoms with E-state index < -0.39 is 5.97 Å². The van der Waals surface area contributed by atoms with E-state index in [-0.39, 0.29) is 12.3 Å². The summed E-state index contributed by atoms with van der Waals surface area (Å²) in [6.45, 7) is -0.0191. The molecule has 0 atom stereocenters. The van der Waals surface area contributed by atoms with Gasteiger partial charge in [-0.1, -0.05) is 28.1 Å². The predicted octanol–water partition coefficient (Wildman–Crippen LogP) is 2.85. The Labute approximate surface area is 136 Å². The van der Waals surface area contributed by atoms with E-state index in [0.717, 1.165) is 4.47 Å². The minimum Gasteiger partial charge on any atom is -0.468 e. The number of methoxy groups -OCH3 is 1. The van der Waals surface area contributed by atoms with E-state index in [9.17, 15) is 9.59 Å². The number of carbonyl (C=O) groups is 2. The number of esters is 1. The van der Waals surface area contributed by atoms with Gasteiger partial charge in [0.1, 0.15) is 6.54 Å². The van der Waals surface area contributed by atoms with Crippen molar-refractivity contribution in [2.75, 3.05) is 24.7 Å². The SMILES string of the molecule is COC(=O)CNc1ccccc1C(=O)c1cc(Br)ccc1N. The van der Waals surface area contributed by atoms with Crippen LogP contribution >= 0.6 is 15.9 Å². The molecule has 2 rings (SSSR count). The van der Waals surface area contributed by atoms with Crippen LogP contribution in [-0.4, -0.2) is 25.4 Å². The fraction of sp³-hybridized carbons (Fsp3) is 0.125. The van der Waals surface area contributed by atoms with Crippen LogP contribution in [0.15, 0.2) is 46.9 Å². The average Bonchev–Trinajstić information content (AvgIpc) is 2.54. The van der Waals surface area contributed by atoms with Crippen molar-refractivity contribution in [2.24, 2.45) is 0 Å². The van der Waals surface area contributed by atoms with E-state index in [4.69, 9.17) is 5.73 Å². The summed E-state index contributed by atoms with van der Waals surface area (Å²) in [6, 6.07) is 12.1. The van der Waals surface area contributed by atoms with E-state index in [0.29, 0.717) is 22.5 Å². The lowest BCUT2D eigenvalue weighted by Gasteiger charge is -2.12. The average molecular weight is 363 g/mol. The van der Waals surface area contributed by atoms with Crippen molar-refractivity contribution >= 4 is 39.1 Å². The van der Waals surface area contributed by atoms with Crippen LogP contribution in [0.5, 0.6) is 0 Å². The summed E-state index contributed by atoms with van der Waals surface area (Å²) >= 11 is 3.33. The number of hydrogen-bond donors (Lipinski definition) is 2. The van der Waals surface area contributed by atoms with E-state index in [1.807, 2.05) is 0 Å². The number of carbonyl (C=O) groups excluding carboxylic acids is 2. The second kappa shape index (κ2) is 7.09. The standard InChI is InChI=1S/C16H15BrN2O3/c1-22-15(20)9-19-14-5-3-2-4-11(14)16(21)12-8-10(17)6-7-13(12)18/h2-8,19H,9,18H2,1H3. The molecule has 0 amide bonds. The molecule has 0 fully saturated rings. The monoisotopic (exact) mass is 362 g/mol. The molecule has 0 spiro atoms. The van der Waals surface area contributed by atoms with Crippen LogP contribution in [0.4, 0.5) is 11.4 Å². The lowest BCUT2D eigenvalue weighted by molar-refractivity contribution is -0.138. The van der Waals surface area contributed by atoms with E-state index in [1.165, 1.54) is 7.11 Å². The number of halogens is 1. The van der Waals surface area contributed by atoms with E-state index in [1.54, 1.807) is 42.5 Å². The van der Waals surface area contributed by atoms with Gasteiger partial charge in [0.25, 0.3) is 0 Å². The molecule has 0 saturated carbocycles. The molecule has 6 heteroatoms. The highest BCUT2D eigenvalue weighted by atomic mass is 79.9. The van der Waals surface area contributed by atoms with Crippen molar-refractivity contribution in [3.05, 3.63) is 58.1 Å². The smallest absolute Gasteiger partial charge is 0.325 e. The molecule has 0 radical (unpaired) electrons. The lowest BCUT2D eigenvalue weighted by atomic mass is 10.00. The Morgan fingerprint density at radius 1 is 1.18 bits per heavy atom. The van der Waals surface area contributed by atoms with Gasteiger partial charge in [0.15, 0.2) is 5.78 Å². The summed E-state index contributed by atoms with van der Waals surface area (Å²) in [5, 5.41) is 2.90. The number of benzene rings is 2. The van der Waals surface area contributed by atoms with Gasteiger partial charge in [-0.3, -0.25) is 9.59 Å². The van der Waals surface area contributed by atoms with Gasteiger partial charge < -0.3 is 15.8 Å². The predicted molar refractivity (Wildman–Crippen MR) is 88.9 cm³/mol. The van der Waals surface area contributed by atoms with Crippen molar-refractivity contribution in [1.82, 2.24) is 0 Å². The van der Waals surface area contributed by atoms with Gasteiger partial charge >= 0.3 is 5.97 Å². The van der Waals surface area contributed by atoms with E-state index >= 15 is 0 Å². The maximum Gasteiger partial charge on any atom is 0.325 e. The fourth-order valence-electron chi connectivity index (χ4n) is 1.95. The van der Waals surface area contributed by atoms with Crippen LogP contribution in [0, 0.1) is 0 Å². The van der Waals surface area contributed by atoms with Crippen LogP contribution in [0.1, 0.15) is 15.9 Å². The number of nitrogens with two attached hydrogens (primary N) is 1. The highest BCUT2D eigenvalue weighted by Crippen LogP contribution is 2.25. The van der Waals surface area contributed by atoms with Gasteiger partial charge in [-0.05, 0) is 30.3 Å². The molecule has 22 heavy (non-hydrogen) atoms. The van der Waals surface area contributed by atoms with Crippen molar-refractivity contribution < 1.29 is 14.3 Å². The van der Waals surface area contributed by atoms with Crippen LogP contribution in [0.3, 0.4) is 0 Å². The van der Waals surface area contributed by atoms with Crippen LogP contribution < -0.4 is 11.1 Å². The molecule has 0 heterocycles. The summed E-state index contributed by atoms with van der Waals surface area (Å²) in [6.07, 6.45) is 0. The molecule has 5 nitrogen and oxygen atoms in total. The number of nitrogens with one attached hydrogen (secondary N) is 1. The summed E-state index contributed by atoms with van der Waals surface area (Å²) < 4.78 is 5.35. The second-order valence-electron chi connectivity index (χ2n) is 4.54. The fourth-order valence-corrected chi connectivity index (χ4v) is 2.31. The molecule has 0 saturated heterocycles. The normalized spacial score (nSPS) is 10.1. The molecular weight excluding hydrogens is 348 g/mol. The summed E-state index contributed by atoms with van der Waals surface area (Å²) in [5.41, 5.74) is 7.68. The first-order valence-corrected chi connectivity index (χ1v) is 7.31. The molecule has 0 aliphatic carbocycles. The Hall–Kier alpha value is -2.34. The topological polar surface area (TPSA) is 81.4 Å². The third kappa shape index (κ3) is 3.65. The molecule has 3 N–H and O–H groups in total. The first kappa shape index (κ1) is 16.0. The van der Waals surface area contributed by atoms with Crippen molar-refractivity contribution in [2.45, 2.75) is 0 Å². The second-order valence-corrected chi connectivity index (χ2v) is 5.45. The third-order valence-electron chi connectivity index (χ3n) is 3.08. The highest BCUT2D eigenvalue weighted by molar-refractivity contribution is 9.10. The van der Waals surface area contributed by atoms with E-state index in [2.05, 4.69) is 26.0 Å². The van der Waals surface area contributed by atoms with Gasteiger partial charge in [0.05, 0.1) is 7.11 Å². The zero-order chi connectivity index (χ0) is 16.1. The minimum absolute atomic E-state index is 0.0191. The van der Waals surface area contributed by atoms with Crippen molar-refractivity contribution in [3.63, 3.8) is 0 Å². The number of anilines is 2. The molecule has 0 aliphatic heterocycles. The summed E-state index contributed by atoms with van der Waals surface area (Å²) in [5.74, 6) is -0.629. The third-order valence-corrected chi connectivity index (χ3v) is 3.58. The number of nitrogen functional groups attached to an aromatic ring is 1. The zero-order valence-electron chi connectivity index (χ0n) is 11.9. The molecule has 0 bridgehead atoms. The number of ether oxygens (including phenoxy) is 1. The first-order chi connectivity index (χ1) is 10.5. The van der Waals surface area contributed by atoms with Gasteiger partial charge in [0, 0.05) is 27.0 Å². The molecular formula is C16H15BrN2O3. The van der Waals surface area contributed by atoms with Gasteiger partial charge in [-0.2, -0.15) is 0 Å².